The topological polar surface area (TPSA) is 58.2 Å². The fourth-order valence-electron chi connectivity index (χ4n) is 7.77. The maximum atomic E-state index is 12.7. The van der Waals surface area contributed by atoms with Crippen molar-refractivity contribution in [2.75, 3.05) is 7.05 Å². The van der Waals surface area contributed by atoms with Gasteiger partial charge < -0.3 is 10.6 Å². The van der Waals surface area contributed by atoms with Crippen molar-refractivity contribution in [2.24, 2.45) is 46.3 Å². The lowest BCUT2D eigenvalue weighted by atomic mass is 9.45. The number of fused-ring (bicyclic) bond motifs is 5. The van der Waals surface area contributed by atoms with Crippen molar-refractivity contribution in [1.29, 1.82) is 0 Å². The maximum absolute atomic E-state index is 12.7. The monoisotopic (exact) mass is 358 g/mol. The first kappa shape index (κ1) is 18.1. The molecule has 2 amide bonds. The second-order valence-electron chi connectivity index (χ2n) is 10.1. The number of carbonyl (C=O) groups is 2. The van der Waals surface area contributed by atoms with Crippen LogP contribution in [0.2, 0.25) is 0 Å². The van der Waals surface area contributed by atoms with Gasteiger partial charge in [-0.1, -0.05) is 33.8 Å². The Morgan fingerprint density at radius 3 is 2.62 bits per heavy atom. The molecule has 4 aliphatic rings. The fourth-order valence-corrected chi connectivity index (χ4v) is 7.77. The number of amides is 2. The van der Waals surface area contributed by atoms with Crippen molar-refractivity contribution >= 4 is 11.8 Å². The minimum Gasteiger partial charge on any atom is -0.359 e. The molecule has 4 heteroatoms. The lowest BCUT2D eigenvalue weighted by Gasteiger charge is -2.60. The Labute approximate surface area is 157 Å². The van der Waals surface area contributed by atoms with E-state index in [9.17, 15) is 9.59 Å². The van der Waals surface area contributed by atoms with E-state index < -0.39 is 0 Å². The predicted octanol–water partition coefficient (Wildman–Crippen LogP) is 3.14. The number of rotatable bonds is 1. The molecule has 26 heavy (non-hydrogen) atoms. The highest BCUT2D eigenvalue weighted by atomic mass is 16.2. The Hall–Kier alpha value is -1.32. The van der Waals surface area contributed by atoms with Crippen LogP contribution >= 0.6 is 0 Å². The van der Waals surface area contributed by atoms with Crippen molar-refractivity contribution in [3.05, 3.63) is 12.2 Å². The SMILES string of the molecule is CNC(=O)C1C(C)CC2C3C(C)CC4NC(=O)C=CC4(C)C3CCC21C. The molecule has 9 atom stereocenters. The molecule has 3 saturated carbocycles. The number of hydrogen-bond donors (Lipinski definition) is 2. The molecule has 9 unspecified atom stereocenters. The quantitative estimate of drug-likeness (QED) is 0.756. The van der Waals surface area contributed by atoms with Crippen LogP contribution in [-0.4, -0.2) is 24.9 Å². The molecule has 0 bridgehead atoms. The molecule has 0 aromatic rings. The van der Waals surface area contributed by atoms with Gasteiger partial charge >= 0.3 is 0 Å². The van der Waals surface area contributed by atoms with Crippen LogP contribution in [0.15, 0.2) is 12.2 Å². The Bertz CT molecular complexity index is 659. The first-order valence-corrected chi connectivity index (χ1v) is 10.4. The van der Waals surface area contributed by atoms with E-state index in [1.165, 1.54) is 0 Å². The van der Waals surface area contributed by atoms with Crippen LogP contribution in [0.4, 0.5) is 0 Å². The van der Waals surface area contributed by atoms with Crippen LogP contribution in [0.3, 0.4) is 0 Å². The van der Waals surface area contributed by atoms with Gasteiger partial charge in [-0.15, -0.1) is 0 Å². The summed E-state index contributed by atoms with van der Waals surface area (Å²) in [4.78, 5) is 24.6. The van der Waals surface area contributed by atoms with Crippen LogP contribution in [0.1, 0.15) is 53.4 Å². The standard InChI is InChI=1S/C22H34N2O2/c1-12-11-16-21(3,9-7-17(25)24-16)14-6-8-22(4)15(18(12)14)10-13(2)19(22)20(26)23-5/h7,9,12-16,18-19H,6,8,10-11H2,1-5H3,(H,23,26)(H,24,25). The molecular weight excluding hydrogens is 324 g/mol. The third kappa shape index (κ3) is 2.26. The summed E-state index contributed by atoms with van der Waals surface area (Å²) in [7, 11) is 1.78. The van der Waals surface area contributed by atoms with Gasteiger partial charge in [0.05, 0.1) is 0 Å². The Morgan fingerprint density at radius 1 is 1.19 bits per heavy atom. The predicted molar refractivity (Wildman–Crippen MR) is 102 cm³/mol. The van der Waals surface area contributed by atoms with E-state index in [1.807, 2.05) is 0 Å². The van der Waals surface area contributed by atoms with Crippen molar-refractivity contribution in [2.45, 2.75) is 59.4 Å². The highest BCUT2D eigenvalue weighted by molar-refractivity contribution is 5.89. The summed E-state index contributed by atoms with van der Waals surface area (Å²) < 4.78 is 0. The zero-order chi connectivity index (χ0) is 18.9. The largest absolute Gasteiger partial charge is 0.359 e. The van der Waals surface area contributed by atoms with E-state index in [0.29, 0.717) is 29.6 Å². The molecule has 3 aliphatic carbocycles. The molecule has 1 aliphatic heterocycles. The summed E-state index contributed by atoms with van der Waals surface area (Å²) in [5.74, 6) is 3.32. The van der Waals surface area contributed by atoms with Crippen LogP contribution in [0.25, 0.3) is 0 Å². The molecule has 0 spiro atoms. The summed E-state index contributed by atoms with van der Waals surface area (Å²) in [6.45, 7) is 9.40. The smallest absolute Gasteiger partial charge is 0.243 e. The third-order valence-electron chi connectivity index (χ3n) is 8.93. The maximum Gasteiger partial charge on any atom is 0.243 e. The van der Waals surface area contributed by atoms with Gasteiger partial charge in [-0.25, -0.2) is 0 Å². The Morgan fingerprint density at radius 2 is 1.92 bits per heavy atom. The highest BCUT2D eigenvalue weighted by Gasteiger charge is 2.63. The third-order valence-corrected chi connectivity index (χ3v) is 8.93. The second-order valence-corrected chi connectivity index (χ2v) is 10.1. The van der Waals surface area contributed by atoms with Crippen molar-refractivity contribution < 1.29 is 9.59 Å². The van der Waals surface area contributed by atoms with Crippen LogP contribution in [-0.2, 0) is 9.59 Å². The average Bonchev–Trinajstić information content (AvgIpc) is 2.86. The molecule has 0 radical (unpaired) electrons. The van der Waals surface area contributed by atoms with E-state index in [-0.39, 0.29) is 34.6 Å². The van der Waals surface area contributed by atoms with Gasteiger partial charge in [-0.2, -0.15) is 0 Å². The summed E-state index contributed by atoms with van der Waals surface area (Å²) in [5.41, 5.74) is 0.167. The van der Waals surface area contributed by atoms with Crippen LogP contribution < -0.4 is 10.6 Å². The Kier molecular flexibility index (Phi) is 4.06. The molecule has 4 nitrogen and oxygen atoms in total. The molecule has 0 saturated heterocycles. The summed E-state index contributed by atoms with van der Waals surface area (Å²) in [6, 6.07) is 0.258. The lowest BCUT2D eigenvalue weighted by Crippen LogP contribution is -2.61. The number of carbonyl (C=O) groups excluding carboxylic acids is 2. The number of hydrogen-bond acceptors (Lipinski definition) is 2. The van der Waals surface area contributed by atoms with Crippen molar-refractivity contribution in [3.8, 4) is 0 Å². The summed E-state index contributed by atoms with van der Waals surface area (Å²) >= 11 is 0. The van der Waals surface area contributed by atoms with Gasteiger partial charge in [0.2, 0.25) is 11.8 Å². The van der Waals surface area contributed by atoms with Gasteiger partial charge in [0.15, 0.2) is 0 Å². The minimum atomic E-state index is 0.0563. The molecule has 1 heterocycles. The second kappa shape index (κ2) is 5.84. The first-order chi connectivity index (χ1) is 12.2. The zero-order valence-corrected chi connectivity index (χ0v) is 16.8. The minimum absolute atomic E-state index is 0.0563. The fraction of sp³-hybridized carbons (Fsp3) is 0.818. The van der Waals surface area contributed by atoms with Crippen molar-refractivity contribution in [3.63, 3.8) is 0 Å². The van der Waals surface area contributed by atoms with Gasteiger partial charge in [-0.3, -0.25) is 9.59 Å². The highest BCUT2D eigenvalue weighted by Crippen LogP contribution is 2.67. The molecule has 0 aromatic carbocycles. The molecule has 144 valence electrons. The van der Waals surface area contributed by atoms with E-state index in [4.69, 9.17) is 0 Å². The molecule has 2 N–H and O–H groups in total. The van der Waals surface area contributed by atoms with Gasteiger partial charge in [0.1, 0.15) is 0 Å². The van der Waals surface area contributed by atoms with Gasteiger partial charge in [0, 0.05) is 24.4 Å². The molecular formula is C22H34N2O2. The first-order valence-electron chi connectivity index (χ1n) is 10.4. The molecule has 3 fully saturated rings. The van der Waals surface area contributed by atoms with Crippen LogP contribution in [0, 0.1) is 46.3 Å². The normalized spacial score (nSPS) is 52.5. The van der Waals surface area contributed by atoms with E-state index >= 15 is 0 Å². The lowest BCUT2D eigenvalue weighted by molar-refractivity contribution is -0.137. The summed E-state index contributed by atoms with van der Waals surface area (Å²) in [6.07, 6.45) is 8.46. The van der Waals surface area contributed by atoms with Gasteiger partial charge in [0.25, 0.3) is 0 Å². The number of nitrogens with one attached hydrogen (secondary N) is 2. The van der Waals surface area contributed by atoms with E-state index in [2.05, 4.69) is 44.4 Å². The van der Waals surface area contributed by atoms with Crippen molar-refractivity contribution in [1.82, 2.24) is 10.6 Å². The van der Waals surface area contributed by atoms with Crippen LogP contribution in [0.5, 0.6) is 0 Å². The van der Waals surface area contributed by atoms with E-state index in [0.717, 1.165) is 25.7 Å². The molecule has 0 aromatic heterocycles. The summed E-state index contributed by atoms with van der Waals surface area (Å²) in [5, 5.41) is 6.19. The Balaban J connectivity index is 1.71. The zero-order valence-electron chi connectivity index (χ0n) is 16.8. The van der Waals surface area contributed by atoms with E-state index in [1.54, 1.807) is 13.1 Å². The van der Waals surface area contributed by atoms with Gasteiger partial charge in [-0.05, 0) is 66.8 Å². The molecule has 4 rings (SSSR count). The average molecular weight is 359 g/mol.